The van der Waals surface area contributed by atoms with Crippen LogP contribution in [-0.2, 0) is 22.7 Å². The van der Waals surface area contributed by atoms with Crippen molar-refractivity contribution < 1.29 is 9.59 Å². The van der Waals surface area contributed by atoms with Gasteiger partial charge in [-0.3, -0.25) is 9.59 Å². The summed E-state index contributed by atoms with van der Waals surface area (Å²) < 4.78 is 1.59. The Morgan fingerprint density at radius 1 is 0.810 bits per heavy atom. The van der Waals surface area contributed by atoms with E-state index in [-0.39, 0.29) is 24.9 Å². The van der Waals surface area contributed by atoms with Crippen molar-refractivity contribution in [2.24, 2.45) is 0 Å². The Hall–Kier alpha value is -4.98. The zero-order chi connectivity index (χ0) is 29.6. The van der Waals surface area contributed by atoms with Gasteiger partial charge in [-0.1, -0.05) is 85.8 Å². The highest BCUT2D eigenvalue weighted by molar-refractivity contribution is 5.98. The molecule has 8 nitrogen and oxygen atoms in total. The highest BCUT2D eigenvalue weighted by Crippen LogP contribution is 2.28. The van der Waals surface area contributed by atoms with E-state index >= 15 is 0 Å². The van der Waals surface area contributed by atoms with Crippen LogP contribution >= 0.6 is 0 Å². The van der Waals surface area contributed by atoms with Crippen molar-refractivity contribution in [3.05, 3.63) is 120 Å². The van der Waals surface area contributed by atoms with Gasteiger partial charge in [0.15, 0.2) is 0 Å². The molecule has 5 rings (SSSR count). The number of hydrogen-bond acceptors (Lipinski definition) is 5. The number of nitrogens with zero attached hydrogens (tertiary/aromatic N) is 5. The van der Waals surface area contributed by atoms with Crippen LogP contribution in [0.2, 0.25) is 0 Å². The molecule has 1 atom stereocenters. The maximum absolute atomic E-state index is 14.2. The van der Waals surface area contributed by atoms with Crippen LogP contribution in [0.4, 0.5) is 11.4 Å². The first kappa shape index (κ1) is 28.5. The van der Waals surface area contributed by atoms with Crippen LogP contribution in [-0.4, -0.2) is 45.8 Å². The molecule has 0 spiro atoms. The van der Waals surface area contributed by atoms with Gasteiger partial charge in [0.25, 0.3) is 5.91 Å². The number of hydrogen-bond donors (Lipinski definition) is 1. The molecule has 214 valence electrons. The van der Waals surface area contributed by atoms with E-state index in [1.54, 1.807) is 9.58 Å². The van der Waals surface area contributed by atoms with Crippen molar-refractivity contribution in [2.45, 2.75) is 38.9 Å². The van der Waals surface area contributed by atoms with E-state index in [2.05, 4.69) is 29.5 Å². The maximum Gasteiger partial charge on any atom is 0.251 e. The first-order valence-electron chi connectivity index (χ1n) is 14.1. The monoisotopic (exact) mass is 560 g/mol. The van der Waals surface area contributed by atoms with Crippen molar-refractivity contribution >= 4 is 34.2 Å². The molecule has 0 bridgehead atoms. The smallest absolute Gasteiger partial charge is 0.251 e. The minimum absolute atomic E-state index is 0.0568. The van der Waals surface area contributed by atoms with Gasteiger partial charge in [0.2, 0.25) is 5.91 Å². The molecular weight excluding hydrogens is 524 g/mol. The molecule has 2 amide bonds. The van der Waals surface area contributed by atoms with E-state index in [1.165, 1.54) is 0 Å². The molecule has 1 aromatic heterocycles. The molecule has 0 radical (unpaired) electrons. The molecule has 4 aromatic carbocycles. The number of nitrogens with one attached hydrogen (secondary N) is 1. The predicted octanol–water partition coefficient (Wildman–Crippen LogP) is 6.03. The fourth-order valence-corrected chi connectivity index (χ4v) is 4.95. The molecule has 0 aliphatic rings. The quantitative estimate of drug-likeness (QED) is 0.226. The first-order chi connectivity index (χ1) is 20.3. The van der Waals surface area contributed by atoms with Crippen LogP contribution in [0, 0.1) is 0 Å². The van der Waals surface area contributed by atoms with Gasteiger partial charge in [0, 0.05) is 32.0 Å². The van der Waals surface area contributed by atoms with Crippen molar-refractivity contribution in [1.82, 2.24) is 19.9 Å². The molecule has 0 aliphatic carbocycles. The molecule has 1 N–H and O–H groups in total. The Bertz CT molecular complexity index is 1640. The summed E-state index contributed by atoms with van der Waals surface area (Å²) in [5, 5.41) is 11.5. The maximum atomic E-state index is 14.2. The Labute approximate surface area is 246 Å². The molecule has 42 heavy (non-hydrogen) atoms. The van der Waals surface area contributed by atoms with E-state index in [0.717, 1.165) is 27.9 Å². The predicted molar refractivity (Wildman–Crippen MR) is 167 cm³/mol. The minimum Gasteiger partial charge on any atom is -0.378 e. The fourth-order valence-electron chi connectivity index (χ4n) is 4.95. The molecule has 0 saturated heterocycles. The van der Waals surface area contributed by atoms with Gasteiger partial charge >= 0.3 is 0 Å². The van der Waals surface area contributed by atoms with Crippen molar-refractivity contribution in [3.8, 4) is 0 Å². The van der Waals surface area contributed by atoms with Gasteiger partial charge in [0.05, 0.1) is 5.52 Å². The van der Waals surface area contributed by atoms with E-state index < -0.39 is 6.04 Å². The van der Waals surface area contributed by atoms with Gasteiger partial charge in [-0.25, -0.2) is 4.68 Å². The van der Waals surface area contributed by atoms with E-state index in [9.17, 15) is 9.59 Å². The van der Waals surface area contributed by atoms with Crippen molar-refractivity contribution in [1.29, 1.82) is 0 Å². The van der Waals surface area contributed by atoms with E-state index in [4.69, 9.17) is 0 Å². The summed E-state index contributed by atoms with van der Waals surface area (Å²) in [5.74, 6) is -0.202. The zero-order valence-electron chi connectivity index (χ0n) is 24.4. The number of rotatable bonds is 10. The summed E-state index contributed by atoms with van der Waals surface area (Å²) in [7, 11) is 3.94. The summed E-state index contributed by atoms with van der Waals surface area (Å²) in [6.07, 6.45) is 0. The number of aromatic nitrogens is 3. The average molecular weight is 561 g/mol. The molecular formula is C34H36N6O2. The lowest BCUT2D eigenvalue weighted by atomic mass is 9.97. The first-order valence-corrected chi connectivity index (χ1v) is 14.1. The lowest BCUT2D eigenvalue weighted by Gasteiger charge is -2.32. The van der Waals surface area contributed by atoms with Gasteiger partial charge in [-0.05, 0) is 59.0 Å². The lowest BCUT2D eigenvalue weighted by molar-refractivity contribution is -0.140. The summed E-state index contributed by atoms with van der Waals surface area (Å²) in [6, 6.07) is 32.0. The molecule has 0 aliphatic heterocycles. The summed E-state index contributed by atoms with van der Waals surface area (Å²) in [4.78, 5) is 32.0. The Balaban J connectivity index is 1.54. The van der Waals surface area contributed by atoms with E-state index in [1.807, 2.05) is 122 Å². The third-order valence-corrected chi connectivity index (χ3v) is 7.35. The van der Waals surface area contributed by atoms with Crippen LogP contribution in [0.1, 0.15) is 42.5 Å². The van der Waals surface area contributed by atoms with Crippen LogP contribution in [0.5, 0.6) is 0 Å². The number of fused-ring (bicyclic) bond motifs is 1. The van der Waals surface area contributed by atoms with E-state index in [0.29, 0.717) is 17.1 Å². The number of para-hydroxylation sites is 1. The normalized spacial score (nSPS) is 11.8. The van der Waals surface area contributed by atoms with Gasteiger partial charge < -0.3 is 15.1 Å². The zero-order valence-corrected chi connectivity index (χ0v) is 24.4. The van der Waals surface area contributed by atoms with Crippen LogP contribution < -0.4 is 10.2 Å². The molecule has 0 saturated carbocycles. The molecule has 0 unspecified atom stereocenters. The fraction of sp³-hybridized carbons (Fsp3) is 0.235. The van der Waals surface area contributed by atoms with Crippen LogP contribution in [0.25, 0.3) is 11.0 Å². The van der Waals surface area contributed by atoms with Crippen LogP contribution in [0.15, 0.2) is 103 Å². The number of anilines is 2. The number of benzene rings is 4. The average Bonchev–Trinajstić information content (AvgIpc) is 3.40. The third kappa shape index (κ3) is 6.49. The SMILES string of the molecule is CC(C)c1ccc([C@H](C(=O)Nc2ccc(N(C)C)cc2)N(Cc2ccccc2)C(=O)Cn2nnc3ccccc32)cc1. The lowest BCUT2D eigenvalue weighted by Crippen LogP contribution is -2.42. The minimum atomic E-state index is -0.887. The second kappa shape index (κ2) is 12.7. The second-order valence-corrected chi connectivity index (χ2v) is 10.9. The summed E-state index contributed by atoms with van der Waals surface area (Å²) in [6.45, 7) is 4.45. The second-order valence-electron chi connectivity index (χ2n) is 10.9. The number of amides is 2. The van der Waals surface area contributed by atoms with Crippen molar-refractivity contribution in [3.63, 3.8) is 0 Å². The standard InChI is InChI=1S/C34H36N6O2/c1-24(2)26-14-16-27(17-15-26)33(34(42)35-28-18-20-29(21-19-28)38(3)4)39(22-25-10-6-5-7-11-25)32(41)23-40-31-13-9-8-12-30(31)36-37-40/h5-21,24,33H,22-23H2,1-4H3,(H,35,42)/t33-/m1/s1. The highest BCUT2D eigenvalue weighted by atomic mass is 16.2. The highest BCUT2D eigenvalue weighted by Gasteiger charge is 2.32. The van der Waals surface area contributed by atoms with Crippen LogP contribution in [0.3, 0.4) is 0 Å². The molecule has 5 aromatic rings. The Morgan fingerprint density at radius 2 is 1.45 bits per heavy atom. The topological polar surface area (TPSA) is 83.4 Å². The van der Waals surface area contributed by atoms with Crippen molar-refractivity contribution in [2.75, 3.05) is 24.3 Å². The molecule has 8 heteroatoms. The Kier molecular flexibility index (Phi) is 8.62. The summed E-state index contributed by atoms with van der Waals surface area (Å²) >= 11 is 0. The molecule has 0 fully saturated rings. The number of carbonyl (C=O) groups is 2. The third-order valence-electron chi connectivity index (χ3n) is 7.35. The van der Waals surface area contributed by atoms with Gasteiger partial charge in [-0.2, -0.15) is 0 Å². The van der Waals surface area contributed by atoms with Gasteiger partial charge in [0.1, 0.15) is 18.1 Å². The Morgan fingerprint density at radius 3 is 2.12 bits per heavy atom. The molecule has 1 heterocycles. The number of carbonyl (C=O) groups excluding carboxylic acids is 2. The largest absolute Gasteiger partial charge is 0.378 e. The summed E-state index contributed by atoms with van der Waals surface area (Å²) in [5.41, 5.74) is 5.95. The van der Waals surface area contributed by atoms with Gasteiger partial charge in [-0.15, -0.1) is 5.10 Å².